The maximum absolute atomic E-state index is 13.6. The molecule has 0 bridgehead atoms. The van der Waals surface area contributed by atoms with Gasteiger partial charge in [0.05, 0.1) is 24.0 Å². The topological polar surface area (TPSA) is 91.6 Å². The Morgan fingerprint density at radius 1 is 1.31 bits per heavy atom. The molecule has 2 saturated heterocycles. The van der Waals surface area contributed by atoms with Crippen LogP contribution in [-0.4, -0.2) is 73.7 Å². The Kier molecular flexibility index (Phi) is 7.23. The molecule has 1 N–H and O–H groups in total. The number of hydrogen-bond acceptors (Lipinski definition) is 6. The van der Waals surface area contributed by atoms with Crippen LogP contribution in [0.25, 0.3) is 0 Å². The summed E-state index contributed by atoms with van der Waals surface area (Å²) < 4.78 is 33.9. The number of carbonyl (C=O) groups is 2. The van der Waals surface area contributed by atoms with Crippen LogP contribution in [0.2, 0.25) is 0 Å². The van der Waals surface area contributed by atoms with E-state index in [2.05, 4.69) is 39.4 Å². The minimum Gasteiger partial charge on any atom is -0.475 e. The molecule has 2 aliphatic heterocycles. The zero-order valence-electron chi connectivity index (χ0n) is 19.7. The number of nitrogens with zero attached hydrogens (tertiary/aromatic N) is 5. The summed E-state index contributed by atoms with van der Waals surface area (Å²) in [5, 5.41) is 10.3. The molecule has 5 rings (SSSR count). The van der Waals surface area contributed by atoms with E-state index in [4.69, 9.17) is 14.9 Å². The lowest BCUT2D eigenvalue weighted by molar-refractivity contribution is -0.192. The van der Waals surface area contributed by atoms with Crippen molar-refractivity contribution in [3.05, 3.63) is 34.8 Å². The van der Waals surface area contributed by atoms with Gasteiger partial charge in [-0.2, -0.15) is 13.2 Å². The van der Waals surface area contributed by atoms with Gasteiger partial charge in [-0.15, -0.1) is 11.3 Å². The minimum atomic E-state index is -5.08. The highest BCUT2D eigenvalue weighted by atomic mass is 32.1. The summed E-state index contributed by atoms with van der Waals surface area (Å²) >= 11 is 1.70. The van der Waals surface area contributed by atoms with Crippen LogP contribution < -0.4 is 0 Å². The Balaban J connectivity index is 0.000000364. The number of aromatic nitrogens is 3. The first-order valence-corrected chi connectivity index (χ1v) is 12.6. The highest BCUT2D eigenvalue weighted by molar-refractivity contribution is 7.09. The molecule has 8 nitrogen and oxygen atoms in total. The van der Waals surface area contributed by atoms with E-state index in [1.807, 2.05) is 17.9 Å². The molecule has 1 saturated carbocycles. The summed E-state index contributed by atoms with van der Waals surface area (Å²) in [6.07, 6.45) is 4.40. The van der Waals surface area contributed by atoms with Crippen LogP contribution in [0.15, 0.2) is 24.1 Å². The zero-order chi connectivity index (χ0) is 25.4. The molecule has 1 spiro atoms. The molecular formula is C23H30F3N5O3S. The fourth-order valence-electron chi connectivity index (χ4n) is 4.96. The molecule has 4 heterocycles. The average molecular weight is 514 g/mol. The molecule has 1 amide bonds. The number of carboxylic acid groups (broad SMARTS) is 1. The molecule has 0 radical (unpaired) electrons. The molecule has 2 aromatic heterocycles. The SMILES string of the molecule is CC(C)n1cnc(C2CN(Cc3nccs3)CC23CCN(CC2CC2)C3=O)c1.O=C(O)C(F)(F)F. The first kappa shape index (κ1) is 25.6. The molecule has 35 heavy (non-hydrogen) atoms. The van der Waals surface area contributed by atoms with Crippen molar-refractivity contribution in [1.82, 2.24) is 24.3 Å². The lowest BCUT2D eigenvalue weighted by Gasteiger charge is -2.28. The van der Waals surface area contributed by atoms with Gasteiger partial charge in [-0.05, 0) is 39.0 Å². The molecule has 3 aliphatic rings. The highest BCUT2D eigenvalue weighted by Crippen LogP contribution is 2.50. The Bertz CT molecular complexity index is 1040. The van der Waals surface area contributed by atoms with Gasteiger partial charge < -0.3 is 14.6 Å². The predicted octanol–water partition coefficient (Wildman–Crippen LogP) is 3.78. The van der Waals surface area contributed by atoms with Gasteiger partial charge in [-0.25, -0.2) is 14.8 Å². The van der Waals surface area contributed by atoms with E-state index in [0.717, 1.165) is 55.8 Å². The van der Waals surface area contributed by atoms with E-state index in [-0.39, 0.29) is 11.3 Å². The number of likely N-dealkylation sites (tertiary alicyclic amines) is 2. The van der Waals surface area contributed by atoms with Gasteiger partial charge in [0.2, 0.25) is 5.91 Å². The van der Waals surface area contributed by atoms with Gasteiger partial charge >= 0.3 is 12.1 Å². The maximum atomic E-state index is 13.6. The van der Waals surface area contributed by atoms with Crippen molar-refractivity contribution in [3.8, 4) is 0 Å². The van der Waals surface area contributed by atoms with E-state index >= 15 is 0 Å². The Hall–Kier alpha value is -2.47. The lowest BCUT2D eigenvalue weighted by Crippen LogP contribution is -2.40. The van der Waals surface area contributed by atoms with Gasteiger partial charge in [-0.1, -0.05) is 0 Å². The number of imidazole rings is 1. The second-order valence-electron chi connectivity index (χ2n) is 9.89. The second kappa shape index (κ2) is 9.88. The molecule has 1 aliphatic carbocycles. The summed E-state index contributed by atoms with van der Waals surface area (Å²) in [5.41, 5.74) is 0.763. The molecule has 12 heteroatoms. The molecule has 0 aromatic carbocycles. The highest BCUT2D eigenvalue weighted by Gasteiger charge is 2.58. The molecule has 192 valence electrons. The standard InChI is InChI=1S/C21H29N5OS.C2HF3O2/c1-15(2)26-11-18(23-14-26)17-10-24(12-19-22-6-8-28-19)13-21(17)5-7-25(20(21)27)9-16-3-4-16;3-2(4,5)1(6)7/h6,8,11,14-17H,3-5,7,9-10,12-13H2,1-2H3;(H,6,7). The maximum Gasteiger partial charge on any atom is 0.490 e. The number of carboxylic acids is 1. The smallest absolute Gasteiger partial charge is 0.475 e. The lowest BCUT2D eigenvalue weighted by atomic mass is 9.75. The number of carbonyl (C=O) groups excluding carboxylic acids is 1. The average Bonchev–Trinajstić information content (AvgIpc) is 3.18. The predicted molar refractivity (Wildman–Crippen MR) is 123 cm³/mol. The van der Waals surface area contributed by atoms with Crippen LogP contribution in [0.5, 0.6) is 0 Å². The fraction of sp³-hybridized carbons (Fsp3) is 0.652. The van der Waals surface area contributed by atoms with Crippen molar-refractivity contribution in [2.45, 2.75) is 57.8 Å². The van der Waals surface area contributed by atoms with Gasteiger partial charge in [0.25, 0.3) is 0 Å². The Labute approximate surface area is 205 Å². The first-order chi connectivity index (χ1) is 16.5. The summed E-state index contributed by atoms with van der Waals surface area (Å²) in [6.45, 7) is 8.74. The van der Waals surface area contributed by atoms with E-state index in [0.29, 0.717) is 11.9 Å². The summed E-state index contributed by atoms with van der Waals surface area (Å²) in [4.78, 5) is 36.3. The quantitative estimate of drug-likeness (QED) is 0.632. The molecule has 3 fully saturated rings. The first-order valence-electron chi connectivity index (χ1n) is 11.7. The van der Waals surface area contributed by atoms with Crippen molar-refractivity contribution in [2.24, 2.45) is 11.3 Å². The number of aliphatic carboxylic acids is 1. The van der Waals surface area contributed by atoms with Gasteiger partial charge in [0.15, 0.2) is 0 Å². The zero-order valence-corrected chi connectivity index (χ0v) is 20.6. The summed E-state index contributed by atoms with van der Waals surface area (Å²) in [6, 6.07) is 0.385. The van der Waals surface area contributed by atoms with Crippen LogP contribution in [0, 0.1) is 11.3 Å². The van der Waals surface area contributed by atoms with E-state index in [1.54, 1.807) is 11.3 Å². The largest absolute Gasteiger partial charge is 0.490 e. The van der Waals surface area contributed by atoms with Gasteiger partial charge in [0.1, 0.15) is 5.01 Å². The Morgan fingerprint density at radius 2 is 2.03 bits per heavy atom. The number of rotatable bonds is 6. The normalized spacial score (nSPS) is 24.9. The van der Waals surface area contributed by atoms with Crippen LogP contribution >= 0.6 is 11.3 Å². The Morgan fingerprint density at radius 3 is 2.57 bits per heavy atom. The third-order valence-electron chi connectivity index (χ3n) is 6.99. The van der Waals surface area contributed by atoms with Gasteiger partial charge in [0, 0.05) is 55.9 Å². The molecule has 2 atom stereocenters. The van der Waals surface area contributed by atoms with Crippen LogP contribution in [0.4, 0.5) is 13.2 Å². The van der Waals surface area contributed by atoms with Crippen molar-refractivity contribution in [3.63, 3.8) is 0 Å². The summed E-state index contributed by atoms with van der Waals surface area (Å²) in [7, 11) is 0. The fourth-order valence-corrected chi connectivity index (χ4v) is 5.61. The van der Waals surface area contributed by atoms with Crippen molar-refractivity contribution in [1.29, 1.82) is 0 Å². The van der Waals surface area contributed by atoms with E-state index in [9.17, 15) is 18.0 Å². The number of thiazole rings is 1. The number of halogens is 3. The van der Waals surface area contributed by atoms with Crippen LogP contribution in [0.3, 0.4) is 0 Å². The number of hydrogen-bond donors (Lipinski definition) is 1. The van der Waals surface area contributed by atoms with Crippen molar-refractivity contribution in [2.75, 3.05) is 26.2 Å². The third-order valence-corrected chi connectivity index (χ3v) is 7.75. The van der Waals surface area contributed by atoms with E-state index < -0.39 is 12.1 Å². The van der Waals surface area contributed by atoms with Crippen LogP contribution in [0.1, 0.15) is 55.8 Å². The minimum absolute atomic E-state index is 0.171. The van der Waals surface area contributed by atoms with Crippen molar-refractivity contribution >= 4 is 23.2 Å². The summed E-state index contributed by atoms with van der Waals surface area (Å²) in [5.74, 6) is -1.48. The second-order valence-corrected chi connectivity index (χ2v) is 10.9. The number of alkyl halides is 3. The van der Waals surface area contributed by atoms with E-state index in [1.165, 1.54) is 12.8 Å². The van der Waals surface area contributed by atoms with Crippen LogP contribution in [-0.2, 0) is 16.1 Å². The van der Waals surface area contributed by atoms with Crippen molar-refractivity contribution < 1.29 is 27.9 Å². The monoisotopic (exact) mass is 513 g/mol. The molecular weight excluding hydrogens is 483 g/mol. The molecule has 2 aromatic rings. The number of amides is 1. The molecule has 2 unspecified atom stereocenters. The van der Waals surface area contributed by atoms with Gasteiger partial charge in [-0.3, -0.25) is 9.69 Å². The third kappa shape index (κ3) is 5.69.